The maximum absolute atomic E-state index is 4.52. The fourth-order valence-corrected chi connectivity index (χ4v) is 2.49. The van der Waals surface area contributed by atoms with Crippen molar-refractivity contribution in [3.63, 3.8) is 0 Å². The van der Waals surface area contributed by atoms with Gasteiger partial charge in [-0.15, -0.1) is 0 Å². The number of para-hydroxylation sites is 2. The fraction of sp³-hybridized carbons (Fsp3) is 0.357. The molecule has 4 heteroatoms. The molecule has 3 rings (SSSR count). The van der Waals surface area contributed by atoms with Crippen molar-refractivity contribution in [1.82, 2.24) is 14.9 Å². The molecule has 1 aromatic heterocycles. The summed E-state index contributed by atoms with van der Waals surface area (Å²) in [7, 11) is 4.15. The molecule has 1 aliphatic heterocycles. The topological polar surface area (TPSA) is 33.1 Å². The third-order valence-corrected chi connectivity index (χ3v) is 3.41. The lowest BCUT2D eigenvalue weighted by Gasteiger charge is -2.20. The predicted octanol–water partition coefficient (Wildman–Crippen LogP) is 1.58. The van der Waals surface area contributed by atoms with Crippen LogP contribution in [0.3, 0.4) is 0 Å². The zero-order valence-corrected chi connectivity index (χ0v) is 10.8. The number of imidazole rings is 1. The summed E-state index contributed by atoms with van der Waals surface area (Å²) in [6.07, 6.45) is 2.98. The van der Waals surface area contributed by atoms with Gasteiger partial charge in [0.2, 0.25) is 0 Å². The molecule has 94 valence electrons. The molecule has 1 N–H and O–H groups in total. The third kappa shape index (κ3) is 1.78. The Morgan fingerprint density at radius 2 is 2.11 bits per heavy atom. The van der Waals surface area contributed by atoms with Crippen molar-refractivity contribution in [2.24, 2.45) is 0 Å². The standard InChI is InChI=1S/C14H18N4/c1-17(2)13-5-3-4-6-14(13)18-10-16-11-9-15-8-7-12(11)18/h3-6,10,15H,7-9H2,1-2H3. The lowest BCUT2D eigenvalue weighted by Crippen LogP contribution is -2.25. The van der Waals surface area contributed by atoms with Gasteiger partial charge in [0.05, 0.1) is 23.4 Å². The second-order valence-corrected chi connectivity index (χ2v) is 4.82. The first-order valence-corrected chi connectivity index (χ1v) is 6.30. The summed E-state index contributed by atoms with van der Waals surface area (Å²) in [6.45, 7) is 1.91. The maximum Gasteiger partial charge on any atom is 0.0998 e. The summed E-state index contributed by atoms with van der Waals surface area (Å²) >= 11 is 0. The SMILES string of the molecule is CN(C)c1ccccc1-n1cnc2c1CCNC2. The van der Waals surface area contributed by atoms with Crippen molar-refractivity contribution in [3.05, 3.63) is 42.0 Å². The van der Waals surface area contributed by atoms with E-state index in [0.29, 0.717) is 0 Å². The smallest absolute Gasteiger partial charge is 0.0998 e. The highest BCUT2D eigenvalue weighted by molar-refractivity contribution is 5.62. The van der Waals surface area contributed by atoms with Gasteiger partial charge in [0.1, 0.15) is 0 Å². The van der Waals surface area contributed by atoms with Gasteiger partial charge in [0.15, 0.2) is 0 Å². The molecule has 1 aliphatic rings. The van der Waals surface area contributed by atoms with E-state index in [9.17, 15) is 0 Å². The number of hydrogen-bond acceptors (Lipinski definition) is 3. The normalized spacial score (nSPS) is 14.3. The third-order valence-electron chi connectivity index (χ3n) is 3.41. The lowest BCUT2D eigenvalue weighted by atomic mass is 10.1. The van der Waals surface area contributed by atoms with Gasteiger partial charge in [-0.25, -0.2) is 4.98 Å². The van der Waals surface area contributed by atoms with Gasteiger partial charge in [-0.3, -0.25) is 0 Å². The summed E-state index contributed by atoms with van der Waals surface area (Å²) in [5.41, 5.74) is 4.94. The molecular weight excluding hydrogens is 224 g/mol. The summed E-state index contributed by atoms with van der Waals surface area (Å²) in [4.78, 5) is 6.66. The summed E-state index contributed by atoms with van der Waals surface area (Å²) in [5, 5.41) is 3.36. The number of aromatic nitrogens is 2. The molecule has 0 saturated heterocycles. The molecule has 0 unspecified atom stereocenters. The molecule has 0 bridgehead atoms. The quantitative estimate of drug-likeness (QED) is 0.868. The van der Waals surface area contributed by atoms with Crippen molar-refractivity contribution < 1.29 is 0 Å². The van der Waals surface area contributed by atoms with E-state index in [1.54, 1.807) is 0 Å². The highest BCUT2D eigenvalue weighted by atomic mass is 15.1. The molecule has 1 aromatic carbocycles. The number of nitrogens with one attached hydrogen (secondary N) is 1. The molecule has 2 aromatic rings. The van der Waals surface area contributed by atoms with Gasteiger partial charge >= 0.3 is 0 Å². The van der Waals surface area contributed by atoms with Crippen molar-refractivity contribution in [1.29, 1.82) is 0 Å². The van der Waals surface area contributed by atoms with E-state index in [1.165, 1.54) is 22.8 Å². The summed E-state index contributed by atoms with van der Waals surface area (Å²) in [5.74, 6) is 0. The van der Waals surface area contributed by atoms with Gasteiger partial charge in [0, 0.05) is 39.3 Å². The van der Waals surface area contributed by atoms with Crippen LogP contribution in [-0.4, -0.2) is 30.2 Å². The molecule has 18 heavy (non-hydrogen) atoms. The van der Waals surface area contributed by atoms with Crippen LogP contribution >= 0.6 is 0 Å². The van der Waals surface area contributed by atoms with Gasteiger partial charge in [-0.05, 0) is 12.1 Å². The number of hydrogen-bond donors (Lipinski definition) is 1. The number of anilines is 1. The van der Waals surface area contributed by atoms with Crippen LogP contribution in [0, 0.1) is 0 Å². The number of rotatable bonds is 2. The first-order chi connectivity index (χ1) is 8.77. The summed E-state index contributed by atoms with van der Waals surface area (Å²) in [6, 6.07) is 8.45. The molecule has 2 heterocycles. The van der Waals surface area contributed by atoms with E-state index in [1.807, 2.05) is 6.33 Å². The molecule has 0 atom stereocenters. The zero-order valence-electron chi connectivity index (χ0n) is 10.8. The van der Waals surface area contributed by atoms with E-state index in [2.05, 4.69) is 58.1 Å². The van der Waals surface area contributed by atoms with Crippen LogP contribution in [0.15, 0.2) is 30.6 Å². The first-order valence-electron chi connectivity index (χ1n) is 6.30. The van der Waals surface area contributed by atoms with E-state index in [4.69, 9.17) is 0 Å². The molecule has 0 amide bonds. The number of nitrogens with zero attached hydrogens (tertiary/aromatic N) is 3. The Morgan fingerprint density at radius 1 is 1.28 bits per heavy atom. The molecule has 0 aliphatic carbocycles. The van der Waals surface area contributed by atoms with Crippen LogP contribution in [0.4, 0.5) is 5.69 Å². The second-order valence-electron chi connectivity index (χ2n) is 4.82. The molecule has 4 nitrogen and oxygen atoms in total. The van der Waals surface area contributed by atoms with Crippen molar-refractivity contribution in [2.75, 3.05) is 25.5 Å². The molecule has 0 spiro atoms. The Morgan fingerprint density at radius 3 is 2.94 bits per heavy atom. The predicted molar refractivity (Wildman–Crippen MR) is 73.3 cm³/mol. The molecular formula is C14H18N4. The van der Waals surface area contributed by atoms with Gasteiger partial charge < -0.3 is 14.8 Å². The minimum atomic E-state index is 0.881. The van der Waals surface area contributed by atoms with Crippen LogP contribution < -0.4 is 10.2 Å². The first kappa shape index (κ1) is 11.3. The fourth-order valence-electron chi connectivity index (χ4n) is 2.49. The molecule has 0 radical (unpaired) electrons. The Hall–Kier alpha value is -1.81. The van der Waals surface area contributed by atoms with Crippen LogP contribution in [0.2, 0.25) is 0 Å². The van der Waals surface area contributed by atoms with E-state index in [0.717, 1.165) is 19.5 Å². The zero-order chi connectivity index (χ0) is 12.5. The largest absolute Gasteiger partial charge is 0.376 e. The number of benzene rings is 1. The second kappa shape index (κ2) is 4.46. The Kier molecular flexibility index (Phi) is 2.80. The number of fused-ring (bicyclic) bond motifs is 1. The molecule has 0 fully saturated rings. The van der Waals surface area contributed by atoms with Gasteiger partial charge in [-0.2, -0.15) is 0 Å². The Balaban J connectivity index is 2.13. The van der Waals surface area contributed by atoms with E-state index < -0.39 is 0 Å². The Bertz CT molecular complexity index is 557. The molecule has 0 saturated carbocycles. The Labute approximate surface area is 107 Å². The van der Waals surface area contributed by atoms with Crippen LogP contribution in [0.5, 0.6) is 0 Å². The minimum absolute atomic E-state index is 0.881. The van der Waals surface area contributed by atoms with E-state index >= 15 is 0 Å². The maximum atomic E-state index is 4.52. The monoisotopic (exact) mass is 242 g/mol. The average Bonchev–Trinajstić information content (AvgIpc) is 2.82. The minimum Gasteiger partial charge on any atom is -0.376 e. The van der Waals surface area contributed by atoms with Gasteiger partial charge in [0.25, 0.3) is 0 Å². The van der Waals surface area contributed by atoms with Crippen LogP contribution in [0.1, 0.15) is 11.4 Å². The lowest BCUT2D eigenvalue weighted by molar-refractivity contribution is 0.620. The van der Waals surface area contributed by atoms with Crippen molar-refractivity contribution >= 4 is 5.69 Å². The van der Waals surface area contributed by atoms with Gasteiger partial charge in [-0.1, -0.05) is 12.1 Å². The van der Waals surface area contributed by atoms with Crippen molar-refractivity contribution in [2.45, 2.75) is 13.0 Å². The average molecular weight is 242 g/mol. The summed E-state index contributed by atoms with van der Waals surface area (Å²) < 4.78 is 2.23. The van der Waals surface area contributed by atoms with Crippen LogP contribution in [-0.2, 0) is 13.0 Å². The van der Waals surface area contributed by atoms with Crippen molar-refractivity contribution in [3.8, 4) is 5.69 Å². The van der Waals surface area contributed by atoms with Crippen LogP contribution in [0.25, 0.3) is 5.69 Å². The highest BCUT2D eigenvalue weighted by Crippen LogP contribution is 2.25. The van der Waals surface area contributed by atoms with E-state index in [-0.39, 0.29) is 0 Å². The highest BCUT2D eigenvalue weighted by Gasteiger charge is 2.17.